The highest BCUT2D eigenvalue weighted by Crippen LogP contribution is 2.27. The average Bonchev–Trinajstić information content (AvgIpc) is 2.55. The summed E-state index contributed by atoms with van der Waals surface area (Å²) in [7, 11) is 0. The molecule has 130 valence electrons. The van der Waals surface area contributed by atoms with Gasteiger partial charge in [-0.05, 0) is 42.8 Å². The number of benzene rings is 1. The first-order valence-corrected chi connectivity index (χ1v) is 7.29. The third-order valence-electron chi connectivity index (χ3n) is 3.21. The smallest absolute Gasteiger partial charge is 0.389 e. The summed E-state index contributed by atoms with van der Waals surface area (Å²) in [6, 6.07) is 9.77. The highest BCUT2D eigenvalue weighted by Gasteiger charge is 2.27. The summed E-state index contributed by atoms with van der Waals surface area (Å²) in [5.41, 5.74) is 1.26. The Labute approximate surface area is 142 Å². The maximum Gasteiger partial charge on any atom is 0.389 e. The van der Waals surface area contributed by atoms with Crippen molar-refractivity contribution < 1.29 is 22.7 Å². The van der Waals surface area contributed by atoms with E-state index in [1.807, 2.05) is 6.07 Å². The van der Waals surface area contributed by atoms with Gasteiger partial charge in [-0.25, -0.2) is 4.98 Å². The molecular formula is C17H14F3N3O2. The standard InChI is InChI=1S/C17H14F3N3O2/c1-11-9-13(25-16-12(10-21)3-2-8-22-16)4-5-14(11)23-15(24)6-7-17(18,19)20/h2-5,8-9H,6-7H2,1H3,(H,23,24). The van der Waals surface area contributed by atoms with E-state index < -0.39 is 24.9 Å². The van der Waals surface area contributed by atoms with Crippen molar-refractivity contribution in [1.82, 2.24) is 4.98 Å². The van der Waals surface area contributed by atoms with Gasteiger partial charge in [-0.15, -0.1) is 0 Å². The number of pyridine rings is 1. The number of halogens is 3. The molecule has 0 unspecified atom stereocenters. The monoisotopic (exact) mass is 349 g/mol. The van der Waals surface area contributed by atoms with E-state index >= 15 is 0 Å². The Morgan fingerprint density at radius 1 is 1.36 bits per heavy atom. The molecule has 0 bridgehead atoms. The van der Waals surface area contributed by atoms with Crippen LogP contribution in [0, 0.1) is 18.3 Å². The van der Waals surface area contributed by atoms with Crippen LogP contribution in [0.4, 0.5) is 18.9 Å². The van der Waals surface area contributed by atoms with E-state index in [0.717, 1.165) is 0 Å². The molecule has 1 aromatic carbocycles. The number of nitrogens with zero attached hydrogens (tertiary/aromatic N) is 2. The summed E-state index contributed by atoms with van der Waals surface area (Å²) in [5.74, 6) is -0.182. The lowest BCUT2D eigenvalue weighted by atomic mass is 10.2. The molecule has 0 aliphatic rings. The molecule has 1 heterocycles. The molecule has 0 aliphatic heterocycles. The number of aromatic nitrogens is 1. The minimum atomic E-state index is -4.37. The second-order valence-corrected chi connectivity index (χ2v) is 5.21. The number of aryl methyl sites for hydroxylation is 1. The van der Waals surface area contributed by atoms with E-state index in [9.17, 15) is 18.0 Å². The molecule has 5 nitrogen and oxygen atoms in total. The lowest BCUT2D eigenvalue weighted by molar-refractivity contribution is -0.142. The van der Waals surface area contributed by atoms with Crippen LogP contribution in [-0.2, 0) is 4.79 Å². The third kappa shape index (κ3) is 5.49. The highest BCUT2D eigenvalue weighted by atomic mass is 19.4. The van der Waals surface area contributed by atoms with Gasteiger partial charge in [0.2, 0.25) is 11.8 Å². The quantitative estimate of drug-likeness (QED) is 0.871. The van der Waals surface area contributed by atoms with E-state index in [4.69, 9.17) is 10.00 Å². The van der Waals surface area contributed by atoms with Gasteiger partial charge in [0.15, 0.2) is 0 Å². The fourth-order valence-corrected chi connectivity index (χ4v) is 1.98. The van der Waals surface area contributed by atoms with Crippen LogP contribution in [0.3, 0.4) is 0 Å². The topological polar surface area (TPSA) is 75.0 Å². The number of amides is 1. The zero-order chi connectivity index (χ0) is 18.4. The maximum absolute atomic E-state index is 12.1. The largest absolute Gasteiger partial charge is 0.438 e. The van der Waals surface area contributed by atoms with Crippen molar-refractivity contribution in [2.24, 2.45) is 0 Å². The number of nitriles is 1. The molecule has 1 aromatic heterocycles. The van der Waals surface area contributed by atoms with Crippen LogP contribution in [0.1, 0.15) is 24.0 Å². The van der Waals surface area contributed by atoms with Gasteiger partial charge < -0.3 is 10.1 Å². The summed E-state index contributed by atoms with van der Waals surface area (Å²) >= 11 is 0. The van der Waals surface area contributed by atoms with Gasteiger partial charge in [0.25, 0.3) is 0 Å². The maximum atomic E-state index is 12.1. The van der Waals surface area contributed by atoms with Crippen LogP contribution in [-0.4, -0.2) is 17.1 Å². The third-order valence-corrected chi connectivity index (χ3v) is 3.21. The number of hydrogen-bond acceptors (Lipinski definition) is 4. The average molecular weight is 349 g/mol. The molecule has 8 heteroatoms. The van der Waals surface area contributed by atoms with E-state index in [1.165, 1.54) is 18.3 Å². The molecule has 0 radical (unpaired) electrons. The lowest BCUT2D eigenvalue weighted by Gasteiger charge is -2.12. The molecule has 2 aromatic rings. The first-order chi connectivity index (χ1) is 11.8. The molecule has 0 saturated heterocycles. The Morgan fingerprint density at radius 2 is 2.12 bits per heavy atom. The second kappa shape index (κ2) is 7.66. The fraction of sp³-hybridized carbons (Fsp3) is 0.235. The zero-order valence-corrected chi connectivity index (χ0v) is 13.2. The van der Waals surface area contributed by atoms with Gasteiger partial charge in [-0.1, -0.05) is 0 Å². The number of nitrogens with one attached hydrogen (secondary N) is 1. The van der Waals surface area contributed by atoms with Crippen LogP contribution in [0.25, 0.3) is 0 Å². The van der Waals surface area contributed by atoms with Crippen LogP contribution < -0.4 is 10.1 Å². The van der Waals surface area contributed by atoms with Crippen molar-refractivity contribution >= 4 is 11.6 Å². The van der Waals surface area contributed by atoms with Crippen LogP contribution >= 0.6 is 0 Å². The lowest BCUT2D eigenvalue weighted by Crippen LogP contribution is -2.17. The fourth-order valence-electron chi connectivity index (χ4n) is 1.98. The summed E-state index contributed by atoms with van der Waals surface area (Å²) in [6.45, 7) is 1.68. The Kier molecular flexibility index (Phi) is 5.60. The SMILES string of the molecule is Cc1cc(Oc2ncccc2C#N)ccc1NC(=O)CCC(F)(F)F. The van der Waals surface area contributed by atoms with Crippen LogP contribution in [0.2, 0.25) is 0 Å². The Bertz CT molecular complexity index is 814. The van der Waals surface area contributed by atoms with Gasteiger partial charge in [-0.3, -0.25) is 4.79 Å². The van der Waals surface area contributed by atoms with Crippen molar-refractivity contribution in [2.75, 3.05) is 5.32 Å². The molecule has 25 heavy (non-hydrogen) atoms. The summed E-state index contributed by atoms with van der Waals surface area (Å²) in [4.78, 5) is 15.6. The van der Waals surface area contributed by atoms with Gasteiger partial charge in [0.05, 0.1) is 6.42 Å². The van der Waals surface area contributed by atoms with Gasteiger partial charge in [0.1, 0.15) is 17.4 Å². The number of anilines is 1. The Balaban J connectivity index is 2.05. The minimum Gasteiger partial charge on any atom is -0.438 e. The van der Waals surface area contributed by atoms with Crippen LogP contribution in [0.15, 0.2) is 36.5 Å². The first-order valence-electron chi connectivity index (χ1n) is 7.29. The molecule has 0 aliphatic carbocycles. The van der Waals surface area contributed by atoms with Crippen molar-refractivity contribution in [3.05, 3.63) is 47.7 Å². The van der Waals surface area contributed by atoms with Crippen LogP contribution in [0.5, 0.6) is 11.6 Å². The molecular weight excluding hydrogens is 335 g/mol. The van der Waals surface area contributed by atoms with Crippen molar-refractivity contribution in [3.8, 4) is 17.7 Å². The van der Waals surface area contributed by atoms with E-state index in [0.29, 0.717) is 17.0 Å². The van der Waals surface area contributed by atoms with Crippen molar-refractivity contribution in [1.29, 1.82) is 5.26 Å². The number of rotatable bonds is 5. The molecule has 2 rings (SSSR count). The van der Waals surface area contributed by atoms with Gasteiger partial charge >= 0.3 is 6.18 Å². The predicted octanol–water partition coefficient (Wildman–Crippen LogP) is 4.34. The number of hydrogen-bond donors (Lipinski definition) is 1. The van der Waals surface area contributed by atoms with Gasteiger partial charge in [-0.2, -0.15) is 18.4 Å². The Hall–Kier alpha value is -3.08. The molecule has 0 fully saturated rings. The summed E-state index contributed by atoms with van der Waals surface area (Å²) in [5, 5.41) is 11.4. The molecule has 1 amide bonds. The molecule has 0 saturated carbocycles. The van der Waals surface area contributed by atoms with E-state index in [-0.39, 0.29) is 11.4 Å². The summed E-state index contributed by atoms with van der Waals surface area (Å²) in [6.07, 6.45) is -4.69. The molecule has 1 N–H and O–H groups in total. The predicted molar refractivity (Wildman–Crippen MR) is 84.1 cm³/mol. The number of carbonyl (C=O) groups excluding carboxylic acids is 1. The van der Waals surface area contributed by atoms with E-state index in [1.54, 1.807) is 25.1 Å². The first kappa shape index (κ1) is 18.3. The summed E-state index contributed by atoms with van der Waals surface area (Å²) < 4.78 is 41.9. The normalized spacial score (nSPS) is 10.8. The molecule has 0 spiro atoms. The number of alkyl halides is 3. The molecule has 0 atom stereocenters. The highest BCUT2D eigenvalue weighted by molar-refractivity contribution is 5.91. The second-order valence-electron chi connectivity index (χ2n) is 5.21. The zero-order valence-electron chi connectivity index (χ0n) is 13.2. The van der Waals surface area contributed by atoms with E-state index in [2.05, 4.69) is 10.3 Å². The van der Waals surface area contributed by atoms with Crippen molar-refractivity contribution in [2.45, 2.75) is 25.9 Å². The number of carbonyl (C=O) groups is 1. The number of ether oxygens (including phenoxy) is 1. The van der Waals surface area contributed by atoms with Gasteiger partial charge in [0, 0.05) is 18.3 Å². The van der Waals surface area contributed by atoms with Crippen molar-refractivity contribution in [3.63, 3.8) is 0 Å². The Morgan fingerprint density at radius 3 is 2.76 bits per heavy atom. The minimum absolute atomic E-state index is 0.145.